The fourth-order valence-electron chi connectivity index (χ4n) is 1.17. The van der Waals surface area contributed by atoms with Crippen LogP contribution in [0.1, 0.15) is 35.9 Å². The van der Waals surface area contributed by atoms with Crippen LogP contribution < -0.4 is 0 Å². The lowest BCUT2D eigenvalue weighted by atomic mass is 10.1. The summed E-state index contributed by atoms with van der Waals surface area (Å²) < 4.78 is 39.1. The molecule has 1 heterocycles. The standard InChI is InChI=1S/C8H11F3N2OS/c1-5-7(15-13-12-5)6(14)3-2-4-8(9,10)11/h6,14H,2-4H2,1H3. The lowest BCUT2D eigenvalue weighted by Crippen LogP contribution is -2.08. The zero-order valence-electron chi connectivity index (χ0n) is 8.08. The molecule has 0 bridgehead atoms. The molecule has 0 radical (unpaired) electrons. The summed E-state index contributed by atoms with van der Waals surface area (Å²) in [6.07, 6.45) is -5.89. The highest BCUT2D eigenvalue weighted by atomic mass is 32.1. The number of aliphatic hydroxyl groups is 1. The van der Waals surface area contributed by atoms with E-state index in [1.807, 2.05) is 0 Å². The van der Waals surface area contributed by atoms with E-state index in [0.29, 0.717) is 10.6 Å². The van der Waals surface area contributed by atoms with Crippen LogP contribution in [0.3, 0.4) is 0 Å². The van der Waals surface area contributed by atoms with Gasteiger partial charge in [0.25, 0.3) is 0 Å². The van der Waals surface area contributed by atoms with Crippen LogP contribution in [0, 0.1) is 6.92 Å². The summed E-state index contributed by atoms with van der Waals surface area (Å²) in [6, 6.07) is 0. The SMILES string of the molecule is Cc1nnsc1C(O)CCCC(F)(F)F. The van der Waals surface area contributed by atoms with Crippen LogP contribution in [0.25, 0.3) is 0 Å². The Morgan fingerprint density at radius 1 is 1.47 bits per heavy atom. The molecule has 1 aromatic rings. The number of hydrogen-bond donors (Lipinski definition) is 1. The van der Waals surface area contributed by atoms with Crippen molar-refractivity contribution in [2.45, 2.75) is 38.5 Å². The van der Waals surface area contributed by atoms with Crippen LogP contribution in [0.4, 0.5) is 13.2 Å². The predicted molar refractivity (Wildman–Crippen MR) is 49.5 cm³/mol. The molecule has 1 rings (SSSR count). The van der Waals surface area contributed by atoms with Crippen molar-refractivity contribution in [3.05, 3.63) is 10.6 Å². The molecule has 0 amide bonds. The van der Waals surface area contributed by atoms with Crippen molar-refractivity contribution < 1.29 is 18.3 Å². The fourth-order valence-corrected chi connectivity index (χ4v) is 1.83. The quantitative estimate of drug-likeness (QED) is 0.879. The van der Waals surface area contributed by atoms with E-state index >= 15 is 0 Å². The van der Waals surface area contributed by atoms with Crippen molar-refractivity contribution in [3.63, 3.8) is 0 Å². The lowest BCUT2D eigenvalue weighted by molar-refractivity contribution is -0.136. The zero-order valence-corrected chi connectivity index (χ0v) is 8.90. The average Bonchev–Trinajstić information content (AvgIpc) is 2.48. The van der Waals surface area contributed by atoms with E-state index in [4.69, 9.17) is 0 Å². The van der Waals surface area contributed by atoms with E-state index in [2.05, 4.69) is 9.59 Å². The van der Waals surface area contributed by atoms with Crippen LogP contribution in [0.5, 0.6) is 0 Å². The van der Waals surface area contributed by atoms with Gasteiger partial charge in [-0.05, 0) is 31.3 Å². The molecule has 0 aliphatic rings. The van der Waals surface area contributed by atoms with Crippen molar-refractivity contribution >= 4 is 11.5 Å². The summed E-state index contributed by atoms with van der Waals surface area (Å²) in [7, 11) is 0. The fraction of sp³-hybridized carbons (Fsp3) is 0.750. The van der Waals surface area contributed by atoms with E-state index < -0.39 is 18.7 Å². The second-order valence-corrected chi connectivity index (χ2v) is 4.03. The molecule has 1 aromatic heterocycles. The maximum absolute atomic E-state index is 11.8. The summed E-state index contributed by atoms with van der Waals surface area (Å²) in [5.41, 5.74) is 0.583. The van der Waals surface area contributed by atoms with Crippen LogP contribution in [-0.2, 0) is 0 Å². The van der Waals surface area contributed by atoms with Gasteiger partial charge in [0.1, 0.15) is 0 Å². The van der Waals surface area contributed by atoms with Gasteiger partial charge < -0.3 is 5.11 Å². The first-order valence-electron chi connectivity index (χ1n) is 4.44. The topological polar surface area (TPSA) is 46.0 Å². The van der Waals surface area contributed by atoms with Crippen LogP contribution in [-0.4, -0.2) is 20.9 Å². The van der Waals surface area contributed by atoms with E-state index in [0.717, 1.165) is 11.5 Å². The van der Waals surface area contributed by atoms with Crippen molar-refractivity contribution in [2.75, 3.05) is 0 Å². The van der Waals surface area contributed by atoms with E-state index in [9.17, 15) is 18.3 Å². The molecule has 1 N–H and O–H groups in total. The Hall–Kier alpha value is -0.690. The monoisotopic (exact) mass is 240 g/mol. The molecule has 15 heavy (non-hydrogen) atoms. The normalized spacial score (nSPS) is 14.2. The van der Waals surface area contributed by atoms with E-state index in [-0.39, 0.29) is 12.8 Å². The van der Waals surface area contributed by atoms with Crippen molar-refractivity contribution in [2.24, 2.45) is 0 Å². The van der Waals surface area contributed by atoms with Crippen molar-refractivity contribution in [1.82, 2.24) is 9.59 Å². The molecule has 0 spiro atoms. The molecule has 1 unspecified atom stereocenters. The van der Waals surface area contributed by atoms with Gasteiger partial charge in [-0.25, -0.2) is 0 Å². The van der Waals surface area contributed by atoms with Crippen LogP contribution in [0.15, 0.2) is 0 Å². The third kappa shape index (κ3) is 4.13. The average molecular weight is 240 g/mol. The number of alkyl halides is 3. The smallest absolute Gasteiger partial charge is 0.387 e. The Kier molecular flexibility index (Phi) is 4.04. The molecule has 0 saturated heterocycles. The third-order valence-electron chi connectivity index (χ3n) is 1.93. The maximum atomic E-state index is 11.8. The number of halogens is 3. The number of aryl methyl sites for hydroxylation is 1. The second kappa shape index (κ2) is 4.89. The summed E-state index contributed by atoms with van der Waals surface area (Å²) in [6.45, 7) is 1.67. The van der Waals surface area contributed by atoms with Gasteiger partial charge in [-0.1, -0.05) is 4.49 Å². The van der Waals surface area contributed by atoms with Crippen LogP contribution in [0.2, 0.25) is 0 Å². The van der Waals surface area contributed by atoms with Gasteiger partial charge in [0.2, 0.25) is 0 Å². The predicted octanol–water partition coefficient (Wildman–Crippen LogP) is 2.61. The molecule has 0 saturated carbocycles. The summed E-state index contributed by atoms with van der Waals surface area (Å²) in [4.78, 5) is 0.553. The highest BCUT2D eigenvalue weighted by Crippen LogP contribution is 2.28. The Labute approximate surface area is 89.1 Å². The highest BCUT2D eigenvalue weighted by Gasteiger charge is 2.27. The molecule has 3 nitrogen and oxygen atoms in total. The number of aromatic nitrogens is 2. The summed E-state index contributed by atoms with van der Waals surface area (Å²) >= 11 is 1.02. The third-order valence-corrected chi connectivity index (χ3v) is 2.85. The van der Waals surface area contributed by atoms with Crippen molar-refractivity contribution in [1.29, 1.82) is 0 Å². The Morgan fingerprint density at radius 3 is 2.60 bits per heavy atom. The largest absolute Gasteiger partial charge is 0.389 e. The maximum Gasteiger partial charge on any atom is 0.389 e. The highest BCUT2D eigenvalue weighted by molar-refractivity contribution is 7.05. The van der Waals surface area contributed by atoms with Crippen molar-refractivity contribution in [3.8, 4) is 0 Å². The molecule has 86 valence electrons. The van der Waals surface area contributed by atoms with E-state index in [1.54, 1.807) is 6.92 Å². The second-order valence-electron chi connectivity index (χ2n) is 3.25. The molecular weight excluding hydrogens is 229 g/mol. The molecular formula is C8H11F3N2OS. The van der Waals surface area contributed by atoms with Crippen LogP contribution >= 0.6 is 11.5 Å². The molecule has 7 heteroatoms. The number of nitrogens with zero attached hydrogens (tertiary/aromatic N) is 2. The molecule has 0 aromatic carbocycles. The summed E-state index contributed by atoms with van der Waals surface area (Å²) in [5, 5.41) is 13.2. The summed E-state index contributed by atoms with van der Waals surface area (Å²) in [5.74, 6) is 0. The molecule has 0 aliphatic carbocycles. The Morgan fingerprint density at radius 2 is 2.13 bits per heavy atom. The lowest BCUT2D eigenvalue weighted by Gasteiger charge is -2.09. The first-order valence-corrected chi connectivity index (χ1v) is 5.21. The minimum absolute atomic E-state index is 0.0813. The minimum atomic E-state index is -4.15. The first-order chi connectivity index (χ1) is 6.90. The zero-order chi connectivity index (χ0) is 11.5. The number of rotatable bonds is 4. The van der Waals surface area contributed by atoms with Gasteiger partial charge in [0, 0.05) is 6.42 Å². The van der Waals surface area contributed by atoms with Gasteiger partial charge >= 0.3 is 6.18 Å². The Balaban J connectivity index is 2.37. The van der Waals surface area contributed by atoms with Gasteiger partial charge in [-0.2, -0.15) is 13.2 Å². The number of aliphatic hydroxyl groups excluding tert-OH is 1. The Bertz CT molecular complexity index is 313. The molecule has 0 fully saturated rings. The van der Waals surface area contributed by atoms with Gasteiger partial charge in [-0.15, -0.1) is 5.10 Å². The first kappa shape index (κ1) is 12.4. The van der Waals surface area contributed by atoms with Gasteiger partial charge in [0.05, 0.1) is 16.7 Å². The molecule has 0 aliphatic heterocycles. The minimum Gasteiger partial charge on any atom is -0.387 e. The van der Waals surface area contributed by atoms with E-state index in [1.165, 1.54) is 0 Å². The number of hydrogen-bond acceptors (Lipinski definition) is 4. The van der Waals surface area contributed by atoms with Gasteiger partial charge in [0.15, 0.2) is 0 Å². The molecule has 1 atom stereocenters. The van der Waals surface area contributed by atoms with Gasteiger partial charge in [-0.3, -0.25) is 0 Å².